The van der Waals surface area contributed by atoms with E-state index < -0.39 is 0 Å². The lowest BCUT2D eigenvalue weighted by molar-refractivity contribution is 0.0605. The molecule has 0 saturated carbocycles. The zero-order valence-electron chi connectivity index (χ0n) is 13.4. The van der Waals surface area contributed by atoms with E-state index in [2.05, 4.69) is 10.1 Å². The molecule has 3 rings (SSSR count). The quantitative estimate of drug-likeness (QED) is 0.414. The summed E-state index contributed by atoms with van der Waals surface area (Å²) in [5.41, 5.74) is 2.16. The van der Waals surface area contributed by atoms with Crippen LogP contribution in [0.3, 0.4) is 0 Å². The number of methoxy groups -OCH3 is 1. The fraction of sp³-hybridized carbons (Fsp3) is 0.176. The maximum absolute atomic E-state index is 12.1. The van der Waals surface area contributed by atoms with Crippen molar-refractivity contribution < 1.29 is 14.3 Å². The van der Waals surface area contributed by atoms with E-state index in [0.717, 1.165) is 21.3 Å². The van der Waals surface area contributed by atoms with Gasteiger partial charge in [-0.2, -0.15) is 5.10 Å². The van der Waals surface area contributed by atoms with Crippen molar-refractivity contribution in [1.82, 2.24) is 14.8 Å². The number of aryl methyl sites for hydroxylation is 2. The predicted molar refractivity (Wildman–Crippen MR) is 92.3 cm³/mol. The second-order valence-electron chi connectivity index (χ2n) is 5.27. The van der Waals surface area contributed by atoms with Crippen LogP contribution in [0.2, 0.25) is 0 Å². The second-order valence-corrected chi connectivity index (χ2v) is 6.27. The molecule has 0 radical (unpaired) electrons. The largest absolute Gasteiger partial charge is 0.465 e. The number of allylic oxidation sites excluding steroid dienone is 1. The van der Waals surface area contributed by atoms with Crippen molar-refractivity contribution in [3.05, 3.63) is 52.3 Å². The van der Waals surface area contributed by atoms with Crippen LogP contribution in [-0.2, 0) is 11.8 Å². The monoisotopic (exact) mass is 341 g/mol. The normalized spacial score (nSPS) is 11.3. The van der Waals surface area contributed by atoms with E-state index in [0.29, 0.717) is 10.4 Å². The Morgan fingerprint density at radius 1 is 1.33 bits per heavy atom. The average molecular weight is 341 g/mol. The molecule has 0 aliphatic rings. The van der Waals surface area contributed by atoms with Gasteiger partial charge >= 0.3 is 5.97 Å². The molecule has 0 fully saturated rings. The van der Waals surface area contributed by atoms with Crippen LogP contribution in [0.1, 0.15) is 31.2 Å². The van der Waals surface area contributed by atoms with Gasteiger partial charge in [-0.3, -0.25) is 9.48 Å². The maximum Gasteiger partial charge on any atom is 0.348 e. The number of carbonyl (C=O) groups excluding carboxylic acids is 2. The molecule has 0 spiro atoms. The van der Waals surface area contributed by atoms with Crippen LogP contribution in [0.15, 0.2) is 30.7 Å². The third kappa shape index (κ3) is 2.98. The molecular weight excluding hydrogens is 326 g/mol. The van der Waals surface area contributed by atoms with E-state index in [1.807, 2.05) is 13.0 Å². The summed E-state index contributed by atoms with van der Waals surface area (Å²) in [6, 6.07) is 1.91. The number of aromatic nitrogens is 3. The molecule has 3 aromatic rings. The minimum atomic E-state index is -0.362. The number of rotatable bonds is 4. The zero-order valence-corrected chi connectivity index (χ0v) is 14.3. The van der Waals surface area contributed by atoms with Gasteiger partial charge in [0.25, 0.3) is 0 Å². The molecule has 0 saturated heterocycles. The Morgan fingerprint density at radius 2 is 2.12 bits per heavy atom. The highest BCUT2D eigenvalue weighted by Crippen LogP contribution is 2.30. The number of ketones is 1. The first-order valence-corrected chi connectivity index (χ1v) is 7.99. The molecular formula is C17H15N3O3S. The summed E-state index contributed by atoms with van der Waals surface area (Å²) in [6.07, 6.45) is 8.06. The first kappa shape index (κ1) is 16.1. The van der Waals surface area contributed by atoms with Gasteiger partial charge < -0.3 is 4.74 Å². The number of nitrogens with zero attached hydrogens (tertiary/aromatic N) is 3. The van der Waals surface area contributed by atoms with Crippen LogP contribution in [0.25, 0.3) is 16.3 Å². The Labute approximate surface area is 142 Å². The predicted octanol–water partition coefficient (Wildman–Crippen LogP) is 3.02. The lowest BCUT2D eigenvalue weighted by Gasteiger charge is -1.97. The molecule has 3 heterocycles. The third-order valence-corrected chi connectivity index (χ3v) is 4.80. The molecule has 0 atom stereocenters. The molecule has 0 aliphatic heterocycles. The van der Waals surface area contributed by atoms with Crippen molar-refractivity contribution in [2.45, 2.75) is 6.92 Å². The van der Waals surface area contributed by atoms with Gasteiger partial charge in [-0.25, -0.2) is 9.78 Å². The van der Waals surface area contributed by atoms with Crippen molar-refractivity contribution in [1.29, 1.82) is 0 Å². The second kappa shape index (κ2) is 6.37. The van der Waals surface area contributed by atoms with Crippen LogP contribution in [-0.4, -0.2) is 33.6 Å². The fourth-order valence-electron chi connectivity index (χ4n) is 2.31. The van der Waals surface area contributed by atoms with Gasteiger partial charge in [0.15, 0.2) is 5.78 Å². The van der Waals surface area contributed by atoms with Crippen LogP contribution in [0.4, 0.5) is 0 Å². The zero-order chi connectivity index (χ0) is 17.3. The molecule has 122 valence electrons. The summed E-state index contributed by atoms with van der Waals surface area (Å²) in [5, 5.41) is 4.87. The van der Waals surface area contributed by atoms with Crippen LogP contribution in [0.5, 0.6) is 0 Å². The first-order chi connectivity index (χ1) is 11.5. The Morgan fingerprint density at radius 3 is 2.79 bits per heavy atom. The molecule has 0 aromatic carbocycles. The lowest BCUT2D eigenvalue weighted by Crippen LogP contribution is -1.99. The molecule has 24 heavy (non-hydrogen) atoms. The smallest absolute Gasteiger partial charge is 0.348 e. The number of hydrogen-bond acceptors (Lipinski definition) is 6. The van der Waals surface area contributed by atoms with E-state index in [4.69, 9.17) is 4.74 Å². The number of hydrogen-bond donors (Lipinski definition) is 0. The summed E-state index contributed by atoms with van der Waals surface area (Å²) in [7, 11) is 3.12. The minimum Gasteiger partial charge on any atom is -0.465 e. The van der Waals surface area contributed by atoms with Gasteiger partial charge in [-0.1, -0.05) is 0 Å². The standard InChI is InChI=1S/C17H15N3O3S/c1-10-13-6-11(4-5-14(21)12-8-19-20(2)9-12)7-18-16(13)24-15(10)17(22)23-3/h4-9H,1-3H3/b5-4+. The molecule has 0 aliphatic carbocycles. The molecule has 0 unspecified atom stereocenters. The SMILES string of the molecule is COC(=O)c1sc2ncc(/C=C/C(=O)c3cnn(C)c3)cc2c1C. The number of thiophene rings is 1. The topological polar surface area (TPSA) is 74.1 Å². The number of pyridine rings is 1. The van der Waals surface area contributed by atoms with Crippen LogP contribution in [0, 0.1) is 6.92 Å². The van der Waals surface area contributed by atoms with Gasteiger partial charge in [0, 0.05) is 24.8 Å². The molecule has 7 heteroatoms. The summed E-state index contributed by atoms with van der Waals surface area (Å²) in [6.45, 7) is 1.86. The minimum absolute atomic E-state index is 0.125. The number of ether oxygens (including phenoxy) is 1. The maximum atomic E-state index is 12.1. The highest BCUT2D eigenvalue weighted by Gasteiger charge is 2.16. The van der Waals surface area contributed by atoms with Gasteiger partial charge in [0.2, 0.25) is 0 Å². The van der Waals surface area contributed by atoms with Gasteiger partial charge in [0.05, 0.1) is 18.9 Å². The first-order valence-electron chi connectivity index (χ1n) is 7.18. The molecule has 0 amide bonds. The summed E-state index contributed by atoms with van der Waals surface area (Å²) in [5.74, 6) is -0.486. The van der Waals surface area contributed by atoms with Gasteiger partial charge in [0.1, 0.15) is 9.71 Å². The highest BCUT2D eigenvalue weighted by molar-refractivity contribution is 7.20. The van der Waals surface area contributed by atoms with Gasteiger partial charge in [-0.05, 0) is 36.3 Å². The average Bonchev–Trinajstić information content (AvgIpc) is 3.16. The highest BCUT2D eigenvalue weighted by atomic mass is 32.1. The van der Waals surface area contributed by atoms with E-state index in [-0.39, 0.29) is 11.8 Å². The number of esters is 1. The summed E-state index contributed by atoms with van der Waals surface area (Å²) < 4.78 is 6.37. The molecule has 0 bridgehead atoms. The van der Waals surface area contributed by atoms with Crippen molar-refractivity contribution in [3.8, 4) is 0 Å². The molecule has 0 N–H and O–H groups in total. The molecule has 6 nitrogen and oxygen atoms in total. The summed E-state index contributed by atoms with van der Waals surface area (Å²) >= 11 is 1.30. The Balaban J connectivity index is 1.90. The van der Waals surface area contributed by atoms with E-state index >= 15 is 0 Å². The number of carbonyl (C=O) groups is 2. The van der Waals surface area contributed by atoms with Crippen molar-refractivity contribution in [3.63, 3.8) is 0 Å². The van der Waals surface area contributed by atoms with E-state index in [1.54, 1.807) is 30.2 Å². The van der Waals surface area contributed by atoms with Crippen molar-refractivity contribution in [2.24, 2.45) is 7.05 Å². The lowest BCUT2D eigenvalue weighted by atomic mass is 10.1. The molecule has 3 aromatic heterocycles. The van der Waals surface area contributed by atoms with E-state index in [1.165, 1.54) is 30.7 Å². The number of fused-ring (bicyclic) bond motifs is 1. The Hall–Kier alpha value is -2.80. The Bertz CT molecular complexity index is 969. The van der Waals surface area contributed by atoms with Crippen LogP contribution >= 0.6 is 11.3 Å². The summed E-state index contributed by atoms with van der Waals surface area (Å²) in [4.78, 5) is 29.5. The van der Waals surface area contributed by atoms with Crippen molar-refractivity contribution in [2.75, 3.05) is 7.11 Å². The van der Waals surface area contributed by atoms with Crippen molar-refractivity contribution >= 4 is 39.4 Å². The van der Waals surface area contributed by atoms with Gasteiger partial charge in [-0.15, -0.1) is 11.3 Å². The third-order valence-electron chi connectivity index (χ3n) is 3.60. The van der Waals surface area contributed by atoms with E-state index in [9.17, 15) is 9.59 Å². The Kier molecular flexibility index (Phi) is 4.26. The van der Waals surface area contributed by atoms with Crippen LogP contribution < -0.4 is 0 Å². The fourth-order valence-corrected chi connectivity index (χ4v) is 3.36.